The average Bonchev–Trinajstić information content (AvgIpc) is 3.12. The van der Waals surface area contributed by atoms with Crippen LogP contribution in [0.25, 0.3) is 11.1 Å². The highest BCUT2D eigenvalue weighted by Crippen LogP contribution is 2.33. The van der Waals surface area contributed by atoms with Gasteiger partial charge in [-0.05, 0) is 72.6 Å². The molecule has 0 radical (unpaired) electrons. The lowest BCUT2D eigenvalue weighted by Gasteiger charge is -2.28. The Bertz CT molecular complexity index is 1390. The molecule has 0 aliphatic carbocycles. The number of carbonyl (C=O) groups excluding carboxylic acids is 1. The van der Waals surface area contributed by atoms with Gasteiger partial charge in [-0.25, -0.2) is 0 Å². The third-order valence-corrected chi connectivity index (χ3v) is 7.64. The van der Waals surface area contributed by atoms with Crippen molar-refractivity contribution in [3.05, 3.63) is 83.9 Å². The van der Waals surface area contributed by atoms with E-state index in [0.717, 1.165) is 22.4 Å². The smallest absolute Gasteiger partial charge is 0.311 e. The Morgan fingerprint density at radius 1 is 0.943 bits per heavy atom. The zero-order valence-electron chi connectivity index (χ0n) is 19.6. The molecule has 3 aromatic rings. The summed E-state index contributed by atoms with van der Waals surface area (Å²) < 4.78 is 35.2. The minimum absolute atomic E-state index is 0.133. The van der Waals surface area contributed by atoms with E-state index in [1.54, 1.807) is 45.2 Å². The van der Waals surface area contributed by atoms with E-state index in [4.69, 9.17) is 21.1 Å². The van der Waals surface area contributed by atoms with Crippen LogP contribution in [0.2, 0.25) is 0 Å². The van der Waals surface area contributed by atoms with Gasteiger partial charge in [0.1, 0.15) is 17.0 Å². The number of carbonyl (C=O) groups is 1. The van der Waals surface area contributed by atoms with Crippen LogP contribution in [0.5, 0.6) is 11.5 Å². The molecule has 0 bridgehead atoms. The topological polar surface area (TPSA) is 93.7 Å². The van der Waals surface area contributed by atoms with Crippen LogP contribution >= 0.6 is 12.2 Å². The quantitative estimate of drug-likeness (QED) is 0.350. The van der Waals surface area contributed by atoms with Gasteiger partial charge in [0.15, 0.2) is 5.11 Å². The van der Waals surface area contributed by atoms with Gasteiger partial charge in [0.2, 0.25) is 0 Å². The minimum atomic E-state index is -3.79. The molecule has 0 saturated carbocycles. The van der Waals surface area contributed by atoms with Crippen LogP contribution in [0.3, 0.4) is 0 Å². The number of thiocarbonyl (C=S) groups is 1. The van der Waals surface area contributed by atoms with Crippen LogP contribution in [0.4, 0.5) is 0 Å². The van der Waals surface area contributed by atoms with Crippen molar-refractivity contribution in [3.8, 4) is 22.6 Å². The molecule has 1 unspecified atom stereocenters. The highest BCUT2D eigenvalue weighted by Gasteiger charge is 2.46. The van der Waals surface area contributed by atoms with Crippen LogP contribution in [-0.4, -0.2) is 31.8 Å². The fourth-order valence-electron chi connectivity index (χ4n) is 3.93. The Morgan fingerprint density at radius 2 is 1.60 bits per heavy atom. The van der Waals surface area contributed by atoms with E-state index < -0.39 is 20.9 Å². The summed E-state index contributed by atoms with van der Waals surface area (Å²) in [5, 5.41) is 5.30. The summed E-state index contributed by atoms with van der Waals surface area (Å²) >= 11 is 5.26. The Hall–Kier alpha value is -3.43. The van der Waals surface area contributed by atoms with Gasteiger partial charge < -0.3 is 19.6 Å². The van der Waals surface area contributed by atoms with Gasteiger partial charge in [-0.1, -0.05) is 48.5 Å². The second kappa shape index (κ2) is 9.67. The predicted octanol–water partition coefficient (Wildman–Crippen LogP) is 3.92. The zero-order valence-corrected chi connectivity index (χ0v) is 21.2. The monoisotopic (exact) mass is 510 g/mol. The summed E-state index contributed by atoms with van der Waals surface area (Å²) in [6, 6.07) is 22.1. The van der Waals surface area contributed by atoms with Gasteiger partial charge in [0.25, 0.3) is 5.91 Å². The summed E-state index contributed by atoms with van der Waals surface area (Å²) in [5.74, 6) is 0.561. The predicted molar refractivity (Wildman–Crippen MR) is 139 cm³/mol. The molecule has 1 fully saturated rings. The molecule has 182 valence electrons. The molecule has 0 aromatic heterocycles. The standard InChI is InChI=1S/C26H26N2O5S2/c1-17(2)35(30,31)33-23-12-6-10-21(15-23)26(24(29)27-25(34)28-26)16-18-7-4-8-19(13-18)20-9-5-11-22(14-20)32-3/h4-15,17H,16H2,1-3H3,(H2,27,28,29,34). The van der Waals surface area contributed by atoms with Gasteiger partial charge in [0, 0.05) is 6.42 Å². The van der Waals surface area contributed by atoms with Crippen molar-refractivity contribution >= 4 is 33.4 Å². The molecule has 0 spiro atoms. The molecule has 1 aliphatic heterocycles. The number of rotatable bonds is 8. The third-order valence-electron chi connectivity index (χ3n) is 5.86. The third kappa shape index (κ3) is 5.16. The van der Waals surface area contributed by atoms with Crippen LogP contribution in [0.15, 0.2) is 72.8 Å². The van der Waals surface area contributed by atoms with Crippen molar-refractivity contribution in [1.82, 2.24) is 10.6 Å². The fraction of sp³-hybridized carbons (Fsp3) is 0.231. The number of methoxy groups -OCH3 is 1. The molecule has 2 N–H and O–H groups in total. The van der Waals surface area contributed by atoms with Gasteiger partial charge in [-0.2, -0.15) is 8.42 Å². The maximum atomic E-state index is 13.2. The van der Waals surface area contributed by atoms with E-state index in [-0.39, 0.29) is 23.2 Å². The van der Waals surface area contributed by atoms with E-state index in [1.165, 1.54) is 0 Å². The van der Waals surface area contributed by atoms with Gasteiger partial charge in [0.05, 0.1) is 12.4 Å². The lowest BCUT2D eigenvalue weighted by atomic mass is 9.83. The van der Waals surface area contributed by atoms with E-state index in [1.807, 2.05) is 48.5 Å². The first kappa shape index (κ1) is 24.7. The number of benzene rings is 3. The first-order valence-electron chi connectivity index (χ1n) is 11.0. The molecule has 1 amide bonds. The normalized spacial score (nSPS) is 17.7. The summed E-state index contributed by atoms with van der Waals surface area (Å²) in [5.41, 5.74) is 2.15. The lowest BCUT2D eigenvalue weighted by Crippen LogP contribution is -2.45. The zero-order chi connectivity index (χ0) is 25.2. The minimum Gasteiger partial charge on any atom is -0.497 e. The molecule has 1 aliphatic rings. The largest absolute Gasteiger partial charge is 0.497 e. The van der Waals surface area contributed by atoms with Gasteiger partial charge in [-0.3, -0.25) is 4.79 Å². The van der Waals surface area contributed by atoms with Crippen molar-refractivity contribution < 1.29 is 22.1 Å². The number of hydrogen-bond donors (Lipinski definition) is 2. The van der Waals surface area contributed by atoms with Gasteiger partial charge >= 0.3 is 10.1 Å². The molecular weight excluding hydrogens is 484 g/mol. The second-order valence-electron chi connectivity index (χ2n) is 8.58. The van der Waals surface area contributed by atoms with E-state index in [2.05, 4.69) is 10.6 Å². The molecule has 7 nitrogen and oxygen atoms in total. The Morgan fingerprint density at radius 3 is 2.26 bits per heavy atom. The molecule has 9 heteroatoms. The van der Waals surface area contributed by atoms with Crippen molar-refractivity contribution in [3.63, 3.8) is 0 Å². The molecule has 35 heavy (non-hydrogen) atoms. The van der Waals surface area contributed by atoms with Crippen LogP contribution in [0, 0.1) is 0 Å². The summed E-state index contributed by atoms with van der Waals surface area (Å²) in [7, 11) is -2.17. The Kier molecular flexibility index (Phi) is 6.82. The van der Waals surface area contributed by atoms with Crippen molar-refractivity contribution in [2.24, 2.45) is 0 Å². The highest BCUT2D eigenvalue weighted by atomic mass is 32.2. The fourth-order valence-corrected chi connectivity index (χ4v) is 4.77. The first-order valence-corrected chi connectivity index (χ1v) is 12.9. The lowest BCUT2D eigenvalue weighted by molar-refractivity contribution is -0.124. The van der Waals surface area contributed by atoms with E-state index >= 15 is 0 Å². The first-order chi connectivity index (χ1) is 16.6. The van der Waals surface area contributed by atoms with Crippen molar-refractivity contribution in [2.45, 2.75) is 31.1 Å². The maximum Gasteiger partial charge on any atom is 0.311 e. The van der Waals surface area contributed by atoms with Crippen LogP contribution in [-0.2, 0) is 26.9 Å². The SMILES string of the molecule is COc1cccc(-c2cccc(CC3(c4cccc(OS(=O)(=O)C(C)C)c4)NC(=S)NC3=O)c2)c1. The molecule has 3 aromatic carbocycles. The van der Waals surface area contributed by atoms with Crippen LogP contribution in [0.1, 0.15) is 25.0 Å². The maximum absolute atomic E-state index is 13.2. The second-order valence-corrected chi connectivity index (χ2v) is 11.1. The summed E-state index contributed by atoms with van der Waals surface area (Å²) in [6.07, 6.45) is 0.275. The summed E-state index contributed by atoms with van der Waals surface area (Å²) in [6.45, 7) is 3.08. The highest BCUT2D eigenvalue weighted by molar-refractivity contribution is 7.87. The Balaban J connectivity index is 1.73. The summed E-state index contributed by atoms with van der Waals surface area (Å²) in [4.78, 5) is 13.2. The number of nitrogens with one attached hydrogen (secondary N) is 2. The van der Waals surface area contributed by atoms with Crippen molar-refractivity contribution in [2.75, 3.05) is 7.11 Å². The molecular formula is C26H26N2O5S2. The Labute approximate surface area is 210 Å². The average molecular weight is 511 g/mol. The molecule has 1 heterocycles. The number of amides is 1. The number of ether oxygens (including phenoxy) is 1. The van der Waals surface area contributed by atoms with Crippen molar-refractivity contribution in [1.29, 1.82) is 0 Å². The van der Waals surface area contributed by atoms with E-state index in [9.17, 15) is 13.2 Å². The van der Waals surface area contributed by atoms with Crippen LogP contribution < -0.4 is 19.6 Å². The number of hydrogen-bond acceptors (Lipinski definition) is 6. The van der Waals surface area contributed by atoms with E-state index in [0.29, 0.717) is 5.56 Å². The molecule has 4 rings (SSSR count). The molecule has 1 atom stereocenters. The van der Waals surface area contributed by atoms with Gasteiger partial charge in [-0.15, -0.1) is 0 Å². The molecule has 1 saturated heterocycles.